The van der Waals surface area contributed by atoms with Crippen molar-refractivity contribution in [2.45, 2.75) is 19.1 Å². The minimum atomic E-state index is -0.903. The highest BCUT2D eigenvalue weighted by Crippen LogP contribution is 2.19. The molecule has 2 aromatic heterocycles. The van der Waals surface area contributed by atoms with E-state index in [0.29, 0.717) is 31.0 Å². The first-order valence-corrected chi connectivity index (χ1v) is 9.24. The van der Waals surface area contributed by atoms with E-state index in [4.69, 9.17) is 10.2 Å². The molecule has 0 aliphatic rings. The van der Waals surface area contributed by atoms with Crippen LogP contribution in [-0.2, 0) is 13.0 Å². The zero-order valence-corrected chi connectivity index (χ0v) is 15.1. The van der Waals surface area contributed by atoms with E-state index in [1.54, 1.807) is 22.4 Å². The largest absolute Gasteiger partial charge is 0.467 e. The van der Waals surface area contributed by atoms with Crippen LogP contribution in [0, 0.1) is 0 Å². The standard InChI is InChI=1S/C19H21N3O3S/c20-9-8-18-21-15(13-26-18)19(24)22(11-14-5-2-1-3-6-14)12-16(23)17-7-4-10-25-17/h1-7,10,13,16,23H,8-9,11-12,20H2. The van der Waals surface area contributed by atoms with Gasteiger partial charge in [-0.05, 0) is 24.2 Å². The fourth-order valence-corrected chi connectivity index (χ4v) is 3.40. The summed E-state index contributed by atoms with van der Waals surface area (Å²) in [7, 11) is 0. The number of rotatable bonds is 8. The predicted octanol–water partition coefficient (Wildman–Crippen LogP) is 2.61. The number of thiazole rings is 1. The third kappa shape index (κ3) is 4.57. The zero-order valence-electron chi connectivity index (χ0n) is 14.2. The SMILES string of the molecule is NCCc1nc(C(=O)N(Cc2ccccc2)CC(O)c2ccco2)cs1. The fourth-order valence-electron chi connectivity index (χ4n) is 2.61. The van der Waals surface area contributed by atoms with Crippen molar-refractivity contribution in [3.63, 3.8) is 0 Å². The molecule has 0 aliphatic carbocycles. The normalized spacial score (nSPS) is 12.1. The van der Waals surface area contributed by atoms with Gasteiger partial charge in [-0.1, -0.05) is 30.3 Å². The summed E-state index contributed by atoms with van der Waals surface area (Å²) in [4.78, 5) is 18.9. The van der Waals surface area contributed by atoms with Gasteiger partial charge in [-0.25, -0.2) is 4.98 Å². The molecular formula is C19H21N3O3S. The van der Waals surface area contributed by atoms with Crippen LogP contribution in [0.3, 0.4) is 0 Å². The highest BCUT2D eigenvalue weighted by atomic mass is 32.1. The van der Waals surface area contributed by atoms with E-state index in [2.05, 4.69) is 4.98 Å². The van der Waals surface area contributed by atoms with Gasteiger partial charge in [0.15, 0.2) is 0 Å². The Hall–Kier alpha value is -2.48. The molecule has 2 heterocycles. The third-order valence-electron chi connectivity index (χ3n) is 3.90. The van der Waals surface area contributed by atoms with Gasteiger partial charge in [0.1, 0.15) is 17.6 Å². The smallest absolute Gasteiger partial charge is 0.273 e. The molecule has 0 saturated carbocycles. The number of carbonyl (C=O) groups excluding carboxylic acids is 1. The van der Waals surface area contributed by atoms with Crippen LogP contribution in [0.2, 0.25) is 0 Å². The number of amides is 1. The lowest BCUT2D eigenvalue weighted by Gasteiger charge is -2.24. The second-order valence-electron chi connectivity index (χ2n) is 5.87. The van der Waals surface area contributed by atoms with E-state index < -0.39 is 6.10 Å². The minimum absolute atomic E-state index is 0.116. The maximum atomic E-state index is 13.0. The Bertz CT molecular complexity index is 818. The molecule has 1 unspecified atom stereocenters. The predicted molar refractivity (Wildman–Crippen MR) is 99.7 cm³/mol. The lowest BCUT2D eigenvalue weighted by atomic mass is 10.2. The number of hydrogen-bond donors (Lipinski definition) is 2. The molecule has 0 spiro atoms. The van der Waals surface area contributed by atoms with Crippen molar-refractivity contribution in [3.05, 3.63) is 76.1 Å². The Kier molecular flexibility index (Phi) is 6.17. The molecule has 3 rings (SSSR count). The number of hydrogen-bond acceptors (Lipinski definition) is 6. The van der Waals surface area contributed by atoms with E-state index in [0.717, 1.165) is 10.6 Å². The van der Waals surface area contributed by atoms with E-state index in [1.165, 1.54) is 17.6 Å². The first-order chi connectivity index (χ1) is 12.7. The number of aromatic nitrogens is 1. The van der Waals surface area contributed by atoms with Crippen LogP contribution in [-0.4, -0.2) is 34.0 Å². The summed E-state index contributed by atoms with van der Waals surface area (Å²) in [5.41, 5.74) is 6.91. The Morgan fingerprint density at radius 3 is 2.77 bits per heavy atom. The van der Waals surface area contributed by atoms with Crippen molar-refractivity contribution < 1.29 is 14.3 Å². The number of nitrogens with zero attached hydrogens (tertiary/aromatic N) is 2. The first kappa shape index (κ1) is 18.3. The summed E-state index contributed by atoms with van der Waals surface area (Å²) >= 11 is 1.42. The van der Waals surface area contributed by atoms with E-state index >= 15 is 0 Å². The molecule has 6 nitrogen and oxygen atoms in total. The molecule has 0 saturated heterocycles. The Morgan fingerprint density at radius 2 is 2.08 bits per heavy atom. The summed E-state index contributed by atoms with van der Waals surface area (Å²) in [6.07, 6.45) is 1.24. The van der Waals surface area contributed by atoms with Crippen molar-refractivity contribution in [2.75, 3.05) is 13.1 Å². The number of furan rings is 1. The number of aliphatic hydroxyl groups is 1. The van der Waals surface area contributed by atoms with Crippen LogP contribution < -0.4 is 5.73 Å². The van der Waals surface area contributed by atoms with Gasteiger partial charge < -0.3 is 20.2 Å². The van der Waals surface area contributed by atoms with Gasteiger partial charge in [-0.3, -0.25) is 4.79 Å². The van der Waals surface area contributed by atoms with Gasteiger partial charge in [0.25, 0.3) is 5.91 Å². The number of carbonyl (C=O) groups is 1. The Labute approximate surface area is 155 Å². The third-order valence-corrected chi connectivity index (χ3v) is 4.81. The summed E-state index contributed by atoms with van der Waals surface area (Å²) in [5.74, 6) is 0.206. The highest BCUT2D eigenvalue weighted by molar-refractivity contribution is 7.09. The molecule has 1 amide bonds. The summed E-state index contributed by atoms with van der Waals surface area (Å²) in [6.45, 7) is 0.984. The molecule has 136 valence electrons. The Morgan fingerprint density at radius 1 is 1.27 bits per heavy atom. The van der Waals surface area contributed by atoms with Crippen LogP contribution in [0.4, 0.5) is 0 Å². The summed E-state index contributed by atoms with van der Waals surface area (Å²) in [5, 5.41) is 13.0. The summed E-state index contributed by atoms with van der Waals surface area (Å²) in [6, 6.07) is 13.1. The van der Waals surface area contributed by atoms with Crippen molar-refractivity contribution in [1.82, 2.24) is 9.88 Å². The minimum Gasteiger partial charge on any atom is -0.467 e. The zero-order chi connectivity index (χ0) is 18.4. The molecule has 1 aromatic carbocycles. The van der Waals surface area contributed by atoms with E-state index in [-0.39, 0.29) is 12.5 Å². The van der Waals surface area contributed by atoms with Gasteiger partial charge in [0.05, 0.1) is 17.8 Å². The number of aliphatic hydroxyl groups excluding tert-OH is 1. The first-order valence-electron chi connectivity index (χ1n) is 8.36. The van der Waals surface area contributed by atoms with Crippen molar-refractivity contribution >= 4 is 17.2 Å². The molecular weight excluding hydrogens is 350 g/mol. The summed E-state index contributed by atoms with van der Waals surface area (Å²) < 4.78 is 5.25. The van der Waals surface area contributed by atoms with Crippen molar-refractivity contribution in [3.8, 4) is 0 Å². The van der Waals surface area contributed by atoms with Crippen molar-refractivity contribution in [1.29, 1.82) is 0 Å². The second-order valence-corrected chi connectivity index (χ2v) is 6.81. The van der Waals surface area contributed by atoms with Crippen LogP contribution in [0.25, 0.3) is 0 Å². The molecule has 3 aromatic rings. The van der Waals surface area contributed by atoms with Crippen molar-refractivity contribution in [2.24, 2.45) is 5.73 Å². The molecule has 0 radical (unpaired) electrons. The topological polar surface area (TPSA) is 92.6 Å². The molecule has 0 bridgehead atoms. The van der Waals surface area contributed by atoms with Crippen LogP contribution in [0.5, 0.6) is 0 Å². The maximum Gasteiger partial charge on any atom is 0.273 e. The number of benzene rings is 1. The highest BCUT2D eigenvalue weighted by Gasteiger charge is 2.23. The molecule has 3 N–H and O–H groups in total. The molecule has 0 aliphatic heterocycles. The van der Waals surface area contributed by atoms with Crippen LogP contribution >= 0.6 is 11.3 Å². The lowest BCUT2D eigenvalue weighted by molar-refractivity contribution is 0.0558. The average Bonchev–Trinajstić information content (AvgIpc) is 3.34. The Balaban J connectivity index is 1.79. The van der Waals surface area contributed by atoms with Gasteiger partial charge in [0.2, 0.25) is 0 Å². The van der Waals surface area contributed by atoms with Gasteiger partial charge in [-0.2, -0.15) is 0 Å². The van der Waals surface area contributed by atoms with Gasteiger partial charge in [-0.15, -0.1) is 11.3 Å². The molecule has 0 fully saturated rings. The molecule has 1 atom stereocenters. The second kappa shape index (κ2) is 8.75. The van der Waals surface area contributed by atoms with Gasteiger partial charge in [0, 0.05) is 18.3 Å². The number of nitrogens with two attached hydrogens (primary N) is 1. The van der Waals surface area contributed by atoms with E-state index in [9.17, 15) is 9.90 Å². The molecule has 7 heteroatoms. The lowest BCUT2D eigenvalue weighted by Crippen LogP contribution is -2.34. The monoisotopic (exact) mass is 371 g/mol. The van der Waals surface area contributed by atoms with Crippen LogP contribution in [0.1, 0.15) is 32.9 Å². The van der Waals surface area contributed by atoms with E-state index in [1.807, 2.05) is 30.3 Å². The maximum absolute atomic E-state index is 13.0. The quantitative estimate of drug-likeness (QED) is 0.635. The van der Waals surface area contributed by atoms with Crippen LogP contribution in [0.15, 0.2) is 58.5 Å². The average molecular weight is 371 g/mol. The fraction of sp³-hybridized carbons (Fsp3) is 0.263. The van der Waals surface area contributed by atoms with Gasteiger partial charge >= 0.3 is 0 Å². The molecule has 26 heavy (non-hydrogen) atoms.